The van der Waals surface area contributed by atoms with E-state index in [-0.39, 0.29) is 10.8 Å². The van der Waals surface area contributed by atoms with Crippen molar-refractivity contribution in [1.29, 1.82) is 0 Å². The first kappa shape index (κ1) is 16.9. The van der Waals surface area contributed by atoms with Crippen LogP contribution in [0.2, 0.25) is 0 Å². The van der Waals surface area contributed by atoms with E-state index in [2.05, 4.69) is 0 Å². The normalized spacial score (nSPS) is 19.2. The monoisotopic (exact) mass is 321 g/mol. The second-order valence-corrected chi connectivity index (χ2v) is 8.49. The van der Waals surface area contributed by atoms with Crippen LogP contribution in [0.15, 0.2) is 35.2 Å². The molecule has 1 unspecified atom stereocenters. The highest BCUT2D eigenvalue weighted by atomic mass is 32.2. The first-order valence-corrected chi connectivity index (χ1v) is 9.19. The Balaban J connectivity index is 2.46. The summed E-state index contributed by atoms with van der Waals surface area (Å²) < 4.78 is 25.0. The van der Waals surface area contributed by atoms with Gasteiger partial charge in [-0.1, -0.05) is 31.4 Å². The summed E-state index contributed by atoms with van der Waals surface area (Å²) in [5.41, 5.74) is 6.43. The van der Waals surface area contributed by atoms with Crippen molar-refractivity contribution in [3.8, 4) is 0 Å². The third-order valence-electron chi connectivity index (χ3n) is 4.81. The number of carbonyl (C=O) groups excluding carboxylic acids is 1. The maximum Gasteiger partial charge on any atom is 0.188 e. The number of nitrogens with two attached hydrogens (primary N) is 1. The molecule has 1 fully saturated rings. The van der Waals surface area contributed by atoms with E-state index in [9.17, 15) is 13.2 Å². The number of benzene rings is 1. The van der Waals surface area contributed by atoms with Crippen molar-refractivity contribution < 1.29 is 13.2 Å². The minimum atomic E-state index is -3.65. The quantitative estimate of drug-likeness (QED) is 0.846. The Morgan fingerprint density at radius 2 is 1.82 bits per heavy atom. The Morgan fingerprint density at radius 3 is 2.32 bits per heavy atom. The van der Waals surface area contributed by atoms with E-state index in [0.717, 1.165) is 37.7 Å². The molecule has 0 aliphatic heterocycles. The highest BCUT2D eigenvalue weighted by Gasteiger charge is 2.45. The molecule has 0 saturated heterocycles. The molecular formula is C17H23NO3S. The molecule has 0 bridgehead atoms. The van der Waals surface area contributed by atoms with Crippen LogP contribution in [0.25, 0.3) is 0 Å². The fraction of sp³-hybridized carbons (Fsp3) is 0.529. The van der Waals surface area contributed by atoms with Gasteiger partial charge in [0.15, 0.2) is 9.84 Å². The summed E-state index contributed by atoms with van der Waals surface area (Å²) in [6.07, 6.45) is 6.00. The van der Waals surface area contributed by atoms with Gasteiger partial charge in [0.05, 0.1) is 4.90 Å². The molecule has 0 amide bonds. The molecule has 5 heteroatoms. The lowest BCUT2D eigenvalue weighted by molar-refractivity contribution is 0.311. The molecule has 1 atom stereocenters. The fourth-order valence-electron chi connectivity index (χ4n) is 3.27. The maximum absolute atomic E-state index is 13.1. The highest BCUT2D eigenvalue weighted by molar-refractivity contribution is 7.93. The van der Waals surface area contributed by atoms with Crippen LogP contribution in [-0.4, -0.2) is 19.1 Å². The summed E-state index contributed by atoms with van der Waals surface area (Å²) in [5.74, 6) is 1.69. The molecule has 0 heterocycles. The lowest BCUT2D eigenvalue weighted by atomic mass is 9.80. The van der Waals surface area contributed by atoms with Gasteiger partial charge >= 0.3 is 0 Å². The van der Waals surface area contributed by atoms with Crippen molar-refractivity contribution in [3.63, 3.8) is 0 Å². The van der Waals surface area contributed by atoms with Crippen LogP contribution in [0, 0.1) is 5.92 Å². The molecule has 1 aliphatic carbocycles. The molecule has 1 aromatic carbocycles. The zero-order chi connectivity index (χ0) is 16.2. The molecule has 120 valence electrons. The van der Waals surface area contributed by atoms with Gasteiger partial charge in [-0.15, -0.1) is 0 Å². The van der Waals surface area contributed by atoms with Crippen LogP contribution >= 0.6 is 0 Å². The third kappa shape index (κ3) is 3.02. The Labute approximate surface area is 132 Å². The zero-order valence-electron chi connectivity index (χ0n) is 12.9. The van der Waals surface area contributed by atoms with Crippen molar-refractivity contribution in [2.24, 2.45) is 11.7 Å². The van der Waals surface area contributed by atoms with E-state index in [1.54, 1.807) is 37.1 Å². The SMILES string of the molecule is CC(C=C=O)(C1CCCCC1)S(=O)(=O)c1ccc(CN)cc1. The van der Waals surface area contributed by atoms with Crippen LogP contribution in [0.3, 0.4) is 0 Å². The smallest absolute Gasteiger partial charge is 0.188 e. The number of hydrogen-bond acceptors (Lipinski definition) is 4. The molecule has 0 radical (unpaired) electrons. The number of rotatable bonds is 5. The van der Waals surface area contributed by atoms with Gasteiger partial charge in [0.2, 0.25) is 0 Å². The lowest BCUT2D eigenvalue weighted by Gasteiger charge is -2.36. The van der Waals surface area contributed by atoms with E-state index in [0.29, 0.717) is 6.54 Å². The second-order valence-electron chi connectivity index (χ2n) is 6.13. The second kappa shape index (κ2) is 6.78. The maximum atomic E-state index is 13.1. The Bertz CT molecular complexity index is 654. The van der Waals surface area contributed by atoms with Gasteiger partial charge in [-0.3, -0.25) is 0 Å². The van der Waals surface area contributed by atoms with E-state index >= 15 is 0 Å². The zero-order valence-corrected chi connectivity index (χ0v) is 13.7. The van der Waals surface area contributed by atoms with Crippen molar-refractivity contribution >= 4 is 15.8 Å². The van der Waals surface area contributed by atoms with Crippen LogP contribution < -0.4 is 5.73 Å². The Morgan fingerprint density at radius 1 is 1.23 bits per heavy atom. The van der Waals surface area contributed by atoms with Gasteiger partial charge in [-0.25, -0.2) is 13.2 Å². The molecule has 22 heavy (non-hydrogen) atoms. The first-order valence-electron chi connectivity index (χ1n) is 7.71. The van der Waals surface area contributed by atoms with Gasteiger partial charge in [0.1, 0.15) is 10.7 Å². The van der Waals surface area contributed by atoms with E-state index in [1.165, 1.54) is 6.08 Å². The van der Waals surface area contributed by atoms with Crippen LogP contribution in [0.4, 0.5) is 0 Å². The largest absolute Gasteiger partial charge is 0.326 e. The van der Waals surface area contributed by atoms with Crippen molar-refractivity contribution in [3.05, 3.63) is 35.9 Å². The summed E-state index contributed by atoms with van der Waals surface area (Å²) in [7, 11) is -3.65. The molecule has 2 rings (SSSR count). The summed E-state index contributed by atoms with van der Waals surface area (Å²) in [6, 6.07) is 6.60. The van der Waals surface area contributed by atoms with Crippen molar-refractivity contribution in [1.82, 2.24) is 0 Å². The molecule has 2 N–H and O–H groups in total. The van der Waals surface area contributed by atoms with E-state index in [1.807, 2.05) is 0 Å². The summed E-state index contributed by atoms with van der Waals surface area (Å²) in [6.45, 7) is 2.02. The summed E-state index contributed by atoms with van der Waals surface area (Å²) >= 11 is 0. The molecular weight excluding hydrogens is 298 g/mol. The average molecular weight is 321 g/mol. The van der Waals surface area contributed by atoms with Crippen LogP contribution in [-0.2, 0) is 21.2 Å². The lowest BCUT2D eigenvalue weighted by Crippen LogP contribution is -2.42. The van der Waals surface area contributed by atoms with Gasteiger partial charge in [-0.05, 0) is 43.4 Å². The van der Waals surface area contributed by atoms with E-state index < -0.39 is 14.6 Å². The van der Waals surface area contributed by atoms with E-state index in [4.69, 9.17) is 5.73 Å². The van der Waals surface area contributed by atoms with Gasteiger partial charge in [0.25, 0.3) is 0 Å². The molecule has 0 spiro atoms. The average Bonchev–Trinajstić information content (AvgIpc) is 2.55. The molecule has 1 saturated carbocycles. The minimum Gasteiger partial charge on any atom is -0.326 e. The summed E-state index contributed by atoms with van der Waals surface area (Å²) in [4.78, 5) is 11.2. The minimum absolute atomic E-state index is 0.0399. The molecule has 0 aromatic heterocycles. The summed E-state index contributed by atoms with van der Waals surface area (Å²) in [5, 5.41) is 0. The molecule has 1 aliphatic rings. The number of hydrogen-bond donors (Lipinski definition) is 1. The Hall–Kier alpha value is -1.42. The first-order chi connectivity index (χ1) is 10.5. The van der Waals surface area contributed by atoms with Gasteiger partial charge in [-0.2, -0.15) is 0 Å². The van der Waals surface area contributed by atoms with Crippen LogP contribution in [0.5, 0.6) is 0 Å². The predicted molar refractivity (Wildman–Crippen MR) is 86.8 cm³/mol. The fourth-order valence-corrected chi connectivity index (χ4v) is 5.15. The third-order valence-corrected chi connectivity index (χ3v) is 7.31. The Kier molecular flexibility index (Phi) is 5.22. The predicted octanol–water partition coefficient (Wildman–Crippen LogP) is 2.65. The number of sulfone groups is 1. The molecule has 4 nitrogen and oxygen atoms in total. The highest BCUT2D eigenvalue weighted by Crippen LogP contribution is 2.41. The van der Waals surface area contributed by atoms with Gasteiger partial charge in [0, 0.05) is 12.6 Å². The molecule has 1 aromatic rings. The van der Waals surface area contributed by atoms with Gasteiger partial charge < -0.3 is 5.73 Å². The van der Waals surface area contributed by atoms with Crippen LogP contribution in [0.1, 0.15) is 44.6 Å². The standard InChI is InChI=1S/C17H23NO3S/c1-17(11-12-19,15-5-3-2-4-6-15)22(20,21)16-9-7-14(13-18)8-10-16/h7-11,15H,2-6,13,18H2,1H3. The topological polar surface area (TPSA) is 77.2 Å². The van der Waals surface area contributed by atoms with Crippen molar-refractivity contribution in [2.45, 2.75) is 55.2 Å². The van der Waals surface area contributed by atoms with Crippen molar-refractivity contribution in [2.75, 3.05) is 0 Å².